The van der Waals surface area contributed by atoms with Crippen LogP contribution in [0.2, 0.25) is 5.02 Å². The Hall–Kier alpha value is -2.40. The standard InChI is InChI=1S/C21H17BrClN5O2S2/c1-28-18(10-30-16-8-4-14(22)5-9-16)26-27-21(28)32-12-19(29)25-20-24-17(11-31-20)13-2-6-15(23)7-3-13/h2-9,11H,10,12H2,1H3,(H,24,25,29). The molecule has 2 aromatic heterocycles. The van der Waals surface area contributed by atoms with Gasteiger partial charge in [0.05, 0.1) is 11.4 Å². The number of rotatable bonds is 8. The predicted octanol–water partition coefficient (Wildman–Crippen LogP) is 5.66. The molecular weight excluding hydrogens is 534 g/mol. The number of nitrogens with one attached hydrogen (secondary N) is 1. The van der Waals surface area contributed by atoms with Crippen molar-refractivity contribution < 1.29 is 9.53 Å². The van der Waals surface area contributed by atoms with Gasteiger partial charge < -0.3 is 14.6 Å². The van der Waals surface area contributed by atoms with Crippen LogP contribution >= 0.6 is 50.6 Å². The third kappa shape index (κ3) is 5.89. The smallest absolute Gasteiger partial charge is 0.236 e. The van der Waals surface area contributed by atoms with Crippen LogP contribution in [0.25, 0.3) is 11.3 Å². The van der Waals surface area contributed by atoms with E-state index in [0.717, 1.165) is 21.5 Å². The highest BCUT2D eigenvalue weighted by atomic mass is 79.9. The van der Waals surface area contributed by atoms with Gasteiger partial charge in [-0.15, -0.1) is 21.5 Å². The van der Waals surface area contributed by atoms with E-state index in [1.54, 1.807) is 0 Å². The molecule has 4 rings (SSSR count). The number of aromatic nitrogens is 4. The fraction of sp³-hybridized carbons (Fsp3) is 0.143. The largest absolute Gasteiger partial charge is 0.486 e. The summed E-state index contributed by atoms with van der Waals surface area (Å²) in [6.45, 7) is 0.282. The van der Waals surface area contributed by atoms with Gasteiger partial charge in [0.25, 0.3) is 0 Å². The maximum absolute atomic E-state index is 12.4. The Balaban J connectivity index is 1.29. The Bertz CT molecular complexity index is 1210. The lowest BCUT2D eigenvalue weighted by molar-refractivity contribution is -0.113. The van der Waals surface area contributed by atoms with Crippen molar-refractivity contribution in [3.63, 3.8) is 0 Å². The molecule has 0 atom stereocenters. The van der Waals surface area contributed by atoms with Crippen molar-refractivity contribution in [1.82, 2.24) is 19.7 Å². The topological polar surface area (TPSA) is 81.9 Å². The number of thiazole rings is 1. The van der Waals surface area contributed by atoms with Gasteiger partial charge in [0.1, 0.15) is 12.4 Å². The molecule has 2 heterocycles. The summed E-state index contributed by atoms with van der Waals surface area (Å²) in [5.41, 5.74) is 1.73. The van der Waals surface area contributed by atoms with Crippen LogP contribution in [-0.4, -0.2) is 31.4 Å². The number of nitrogens with zero attached hydrogens (tertiary/aromatic N) is 4. The molecule has 0 fully saturated rings. The van der Waals surface area contributed by atoms with Gasteiger partial charge in [-0.2, -0.15) is 0 Å². The summed E-state index contributed by atoms with van der Waals surface area (Å²) < 4.78 is 8.55. The molecule has 0 aliphatic rings. The molecule has 0 aliphatic carbocycles. The molecule has 0 saturated carbocycles. The molecule has 11 heteroatoms. The Labute approximate surface area is 206 Å². The van der Waals surface area contributed by atoms with E-state index in [1.165, 1.54) is 23.1 Å². The average molecular weight is 551 g/mol. The number of ether oxygens (including phenoxy) is 1. The highest BCUT2D eigenvalue weighted by Gasteiger charge is 2.13. The van der Waals surface area contributed by atoms with E-state index in [-0.39, 0.29) is 18.3 Å². The van der Waals surface area contributed by atoms with Crippen LogP contribution in [0.15, 0.2) is 63.5 Å². The van der Waals surface area contributed by atoms with E-state index in [4.69, 9.17) is 16.3 Å². The molecule has 164 valence electrons. The zero-order valence-corrected chi connectivity index (χ0v) is 20.8. The molecule has 4 aromatic rings. The van der Waals surface area contributed by atoms with E-state index >= 15 is 0 Å². The third-order valence-corrected chi connectivity index (χ3v) is 6.89. The number of hydrogen-bond donors (Lipinski definition) is 1. The normalized spacial score (nSPS) is 10.8. The second kappa shape index (κ2) is 10.5. The first kappa shape index (κ1) is 22.8. The molecule has 1 N–H and O–H groups in total. The van der Waals surface area contributed by atoms with Crippen molar-refractivity contribution >= 4 is 61.7 Å². The molecule has 2 aromatic carbocycles. The van der Waals surface area contributed by atoms with Crippen LogP contribution < -0.4 is 10.1 Å². The lowest BCUT2D eigenvalue weighted by atomic mass is 10.2. The van der Waals surface area contributed by atoms with Gasteiger partial charge in [-0.25, -0.2) is 4.98 Å². The van der Waals surface area contributed by atoms with E-state index in [0.29, 0.717) is 21.1 Å². The number of hydrogen-bond acceptors (Lipinski definition) is 7. The summed E-state index contributed by atoms with van der Waals surface area (Å²) in [5, 5.41) is 14.9. The number of thioether (sulfide) groups is 1. The molecule has 0 unspecified atom stereocenters. The van der Waals surface area contributed by atoms with Gasteiger partial charge >= 0.3 is 0 Å². The predicted molar refractivity (Wildman–Crippen MR) is 131 cm³/mol. The maximum atomic E-state index is 12.4. The number of amides is 1. The number of anilines is 1. The number of carbonyl (C=O) groups is 1. The molecule has 0 spiro atoms. The van der Waals surface area contributed by atoms with Gasteiger partial charge in [0.2, 0.25) is 5.91 Å². The van der Waals surface area contributed by atoms with E-state index in [9.17, 15) is 4.79 Å². The Morgan fingerprint density at radius 3 is 2.69 bits per heavy atom. The van der Waals surface area contributed by atoms with E-state index in [2.05, 4.69) is 36.4 Å². The van der Waals surface area contributed by atoms with Gasteiger partial charge in [0.15, 0.2) is 16.1 Å². The molecule has 0 radical (unpaired) electrons. The molecule has 7 nitrogen and oxygen atoms in total. The Morgan fingerprint density at radius 1 is 1.19 bits per heavy atom. The van der Waals surface area contributed by atoms with Gasteiger partial charge in [0, 0.05) is 27.5 Å². The third-order valence-electron chi connectivity index (χ3n) is 4.33. The summed E-state index contributed by atoms with van der Waals surface area (Å²) in [7, 11) is 1.85. The van der Waals surface area contributed by atoms with E-state index in [1.807, 2.05) is 65.5 Å². The van der Waals surface area contributed by atoms with Crippen LogP contribution in [0.5, 0.6) is 5.75 Å². The van der Waals surface area contributed by atoms with E-state index < -0.39 is 0 Å². The van der Waals surface area contributed by atoms with Crippen molar-refractivity contribution in [2.75, 3.05) is 11.1 Å². The molecule has 32 heavy (non-hydrogen) atoms. The minimum atomic E-state index is -0.164. The Morgan fingerprint density at radius 2 is 1.94 bits per heavy atom. The number of halogens is 2. The monoisotopic (exact) mass is 549 g/mol. The summed E-state index contributed by atoms with van der Waals surface area (Å²) >= 11 is 12.0. The average Bonchev–Trinajstić information content (AvgIpc) is 3.39. The first-order valence-corrected chi connectivity index (χ1v) is 12.4. The second-order valence-electron chi connectivity index (χ2n) is 6.58. The van der Waals surface area contributed by atoms with Crippen molar-refractivity contribution in [2.24, 2.45) is 7.05 Å². The second-order valence-corrected chi connectivity index (χ2v) is 9.73. The van der Waals surface area contributed by atoms with Crippen LogP contribution in [-0.2, 0) is 18.4 Å². The summed E-state index contributed by atoms with van der Waals surface area (Å²) in [4.78, 5) is 16.8. The quantitative estimate of drug-likeness (QED) is 0.285. The highest BCUT2D eigenvalue weighted by molar-refractivity contribution is 9.10. The molecule has 0 bridgehead atoms. The zero-order valence-electron chi connectivity index (χ0n) is 16.8. The van der Waals surface area contributed by atoms with Crippen molar-refractivity contribution in [2.45, 2.75) is 11.8 Å². The highest BCUT2D eigenvalue weighted by Crippen LogP contribution is 2.26. The molecule has 1 amide bonds. The number of carbonyl (C=O) groups excluding carboxylic acids is 1. The van der Waals surface area contributed by atoms with Gasteiger partial charge in [-0.1, -0.05) is 51.4 Å². The zero-order chi connectivity index (χ0) is 22.5. The summed E-state index contributed by atoms with van der Waals surface area (Å²) in [6.07, 6.45) is 0. The maximum Gasteiger partial charge on any atom is 0.236 e. The first-order chi connectivity index (χ1) is 15.5. The molecular formula is C21H17BrClN5O2S2. The minimum Gasteiger partial charge on any atom is -0.486 e. The van der Waals surface area contributed by atoms with Gasteiger partial charge in [-0.05, 0) is 36.4 Å². The SMILES string of the molecule is Cn1c(COc2ccc(Br)cc2)nnc1SCC(=O)Nc1nc(-c2ccc(Cl)cc2)cs1. The van der Waals surface area contributed by atoms with Crippen molar-refractivity contribution in [1.29, 1.82) is 0 Å². The summed E-state index contributed by atoms with van der Waals surface area (Å²) in [5.74, 6) is 1.44. The lowest BCUT2D eigenvalue weighted by Gasteiger charge is -2.06. The van der Waals surface area contributed by atoms with Crippen LogP contribution in [0.3, 0.4) is 0 Å². The summed E-state index contributed by atoms with van der Waals surface area (Å²) in [6, 6.07) is 15.0. The molecule has 0 aliphatic heterocycles. The number of benzene rings is 2. The van der Waals surface area contributed by atoms with Crippen LogP contribution in [0, 0.1) is 0 Å². The first-order valence-electron chi connectivity index (χ1n) is 9.38. The van der Waals surface area contributed by atoms with Crippen LogP contribution in [0.4, 0.5) is 5.13 Å². The fourth-order valence-electron chi connectivity index (χ4n) is 2.64. The van der Waals surface area contributed by atoms with Gasteiger partial charge in [-0.3, -0.25) is 4.79 Å². The van der Waals surface area contributed by atoms with Crippen molar-refractivity contribution in [3.8, 4) is 17.0 Å². The molecule has 0 saturated heterocycles. The minimum absolute atomic E-state index is 0.164. The van der Waals surface area contributed by atoms with Crippen LogP contribution in [0.1, 0.15) is 5.82 Å². The fourth-order valence-corrected chi connectivity index (χ4v) is 4.50. The lowest BCUT2D eigenvalue weighted by Crippen LogP contribution is -2.14. The Kier molecular flexibility index (Phi) is 7.46. The van der Waals surface area contributed by atoms with Crippen molar-refractivity contribution in [3.05, 3.63) is 69.2 Å².